The summed E-state index contributed by atoms with van der Waals surface area (Å²) in [6, 6.07) is 6.58. The van der Waals surface area contributed by atoms with Crippen molar-refractivity contribution in [1.82, 2.24) is 9.80 Å². The fourth-order valence-corrected chi connectivity index (χ4v) is 2.92. The number of likely N-dealkylation sites (N-methyl/N-ethyl adjacent to an activating group) is 1. The molecule has 1 fully saturated rings. The molecule has 0 aromatic heterocycles. The molecule has 18 heavy (non-hydrogen) atoms. The van der Waals surface area contributed by atoms with E-state index >= 15 is 0 Å². The predicted octanol–water partition coefficient (Wildman–Crippen LogP) is 2.30. The Balaban J connectivity index is 2.00. The number of anilines is 1. The quantitative estimate of drug-likeness (QED) is 0.853. The van der Waals surface area contributed by atoms with Crippen LogP contribution >= 0.6 is 11.6 Å². The van der Waals surface area contributed by atoms with Crippen LogP contribution in [0.3, 0.4) is 0 Å². The molecule has 0 aliphatic carbocycles. The molecule has 2 rings (SSSR count). The molecule has 1 aliphatic heterocycles. The SMILES string of the molecule is CC1CN(Cc2ccc(Cl)c(N)c2)CC1N(C)C. The Hall–Kier alpha value is -0.770. The second-order valence-electron chi connectivity index (χ2n) is 5.56. The van der Waals surface area contributed by atoms with Gasteiger partial charge in [0.2, 0.25) is 0 Å². The maximum atomic E-state index is 5.94. The summed E-state index contributed by atoms with van der Waals surface area (Å²) in [6.45, 7) is 5.54. The van der Waals surface area contributed by atoms with E-state index in [0.29, 0.717) is 22.7 Å². The van der Waals surface area contributed by atoms with Gasteiger partial charge in [-0.05, 0) is 37.7 Å². The zero-order chi connectivity index (χ0) is 13.3. The molecule has 2 unspecified atom stereocenters. The number of hydrogen-bond acceptors (Lipinski definition) is 3. The van der Waals surface area contributed by atoms with E-state index in [2.05, 4.69) is 36.9 Å². The van der Waals surface area contributed by atoms with E-state index in [1.165, 1.54) is 5.56 Å². The summed E-state index contributed by atoms with van der Waals surface area (Å²) in [7, 11) is 4.32. The van der Waals surface area contributed by atoms with Crippen LogP contribution in [0.1, 0.15) is 12.5 Å². The molecule has 1 aromatic rings. The summed E-state index contributed by atoms with van der Waals surface area (Å²) in [5.74, 6) is 0.713. The predicted molar refractivity (Wildman–Crippen MR) is 77.8 cm³/mol. The largest absolute Gasteiger partial charge is 0.398 e. The first-order chi connectivity index (χ1) is 8.47. The molecule has 2 atom stereocenters. The molecular formula is C14H22ClN3. The van der Waals surface area contributed by atoms with Crippen LogP contribution in [-0.4, -0.2) is 43.0 Å². The van der Waals surface area contributed by atoms with Gasteiger partial charge in [-0.1, -0.05) is 24.6 Å². The molecule has 0 bridgehead atoms. The third-order valence-corrected chi connectivity index (χ3v) is 4.12. The second kappa shape index (κ2) is 5.47. The lowest BCUT2D eigenvalue weighted by molar-refractivity contribution is 0.250. The minimum Gasteiger partial charge on any atom is -0.398 e. The zero-order valence-electron chi connectivity index (χ0n) is 11.4. The molecule has 100 valence electrons. The number of hydrogen-bond donors (Lipinski definition) is 1. The lowest BCUT2D eigenvalue weighted by Gasteiger charge is -2.22. The zero-order valence-corrected chi connectivity index (χ0v) is 12.1. The molecule has 0 saturated carbocycles. The third-order valence-electron chi connectivity index (χ3n) is 3.78. The average molecular weight is 268 g/mol. The van der Waals surface area contributed by atoms with Crippen LogP contribution in [0.5, 0.6) is 0 Å². The van der Waals surface area contributed by atoms with Gasteiger partial charge in [0.25, 0.3) is 0 Å². The summed E-state index contributed by atoms with van der Waals surface area (Å²) < 4.78 is 0. The highest BCUT2D eigenvalue weighted by Gasteiger charge is 2.30. The van der Waals surface area contributed by atoms with Crippen LogP contribution in [-0.2, 0) is 6.54 Å². The van der Waals surface area contributed by atoms with Crippen LogP contribution in [0.15, 0.2) is 18.2 Å². The van der Waals surface area contributed by atoms with Crippen molar-refractivity contribution in [3.05, 3.63) is 28.8 Å². The lowest BCUT2D eigenvalue weighted by Crippen LogP contribution is -2.34. The number of nitrogens with zero attached hydrogens (tertiary/aromatic N) is 2. The standard InChI is InChI=1S/C14H22ClN3/c1-10-7-18(9-14(10)17(2)3)8-11-4-5-12(15)13(16)6-11/h4-6,10,14H,7-9,16H2,1-3H3. The molecule has 0 amide bonds. The molecule has 1 heterocycles. The number of benzene rings is 1. The molecule has 1 aromatic carbocycles. The molecule has 1 aliphatic rings. The first kappa shape index (κ1) is 13.7. The first-order valence-corrected chi connectivity index (χ1v) is 6.78. The molecule has 2 N–H and O–H groups in total. The summed E-state index contributed by atoms with van der Waals surface area (Å²) in [5.41, 5.74) is 7.75. The van der Waals surface area contributed by atoms with E-state index in [9.17, 15) is 0 Å². The maximum Gasteiger partial charge on any atom is 0.0635 e. The topological polar surface area (TPSA) is 32.5 Å². The van der Waals surface area contributed by atoms with Crippen LogP contribution in [0.4, 0.5) is 5.69 Å². The number of nitrogens with two attached hydrogens (primary N) is 1. The van der Waals surface area contributed by atoms with Crippen molar-refractivity contribution in [3.8, 4) is 0 Å². The van der Waals surface area contributed by atoms with Crippen molar-refractivity contribution in [2.24, 2.45) is 5.92 Å². The van der Waals surface area contributed by atoms with Gasteiger partial charge in [0.1, 0.15) is 0 Å². The van der Waals surface area contributed by atoms with Crippen molar-refractivity contribution >= 4 is 17.3 Å². The van der Waals surface area contributed by atoms with Crippen molar-refractivity contribution < 1.29 is 0 Å². The number of nitrogen functional groups attached to an aromatic ring is 1. The van der Waals surface area contributed by atoms with Crippen molar-refractivity contribution in [2.75, 3.05) is 32.9 Å². The van der Waals surface area contributed by atoms with Crippen molar-refractivity contribution in [1.29, 1.82) is 0 Å². The van der Waals surface area contributed by atoms with Crippen LogP contribution in [0, 0.1) is 5.92 Å². The Labute approximate surface area is 115 Å². The van der Waals surface area contributed by atoms with E-state index in [1.807, 2.05) is 12.1 Å². The maximum absolute atomic E-state index is 5.94. The van der Waals surface area contributed by atoms with Crippen LogP contribution in [0.2, 0.25) is 5.02 Å². The Morgan fingerprint density at radius 1 is 1.39 bits per heavy atom. The van der Waals surface area contributed by atoms with Crippen molar-refractivity contribution in [3.63, 3.8) is 0 Å². The summed E-state index contributed by atoms with van der Waals surface area (Å²) in [5, 5.41) is 0.639. The van der Waals surface area contributed by atoms with E-state index in [-0.39, 0.29) is 0 Å². The summed E-state index contributed by atoms with van der Waals surface area (Å²) in [4.78, 5) is 4.80. The Bertz CT molecular complexity index is 420. The molecular weight excluding hydrogens is 246 g/mol. The van der Waals surface area contributed by atoms with Gasteiger partial charge in [-0.25, -0.2) is 0 Å². The Morgan fingerprint density at radius 2 is 2.11 bits per heavy atom. The fourth-order valence-electron chi connectivity index (χ4n) is 2.80. The smallest absolute Gasteiger partial charge is 0.0635 e. The normalized spacial score (nSPS) is 24.9. The van der Waals surface area contributed by atoms with Gasteiger partial charge in [-0.15, -0.1) is 0 Å². The second-order valence-corrected chi connectivity index (χ2v) is 5.97. The molecule has 1 saturated heterocycles. The Kier molecular flexibility index (Phi) is 4.15. The number of rotatable bonds is 3. The van der Waals surface area contributed by atoms with Crippen LogP contribution in [0.25, 0.3) is 0 Å². The van der Waals surface area contributed by atoms with Gasteiger partial charge in [-0.3, -0.25) is 4.90 Å². The van der Waals surface area contributed by atoms with Gasteiger partial charge < -0.3 is 10.6 Å². The molecule has 0 spiro atoms. The summed E-state index contributed by atoms with van der Waals surface area (Å²) in [6.07, 6.45) is 0. The minimum absolute atomic E-state index is 0.639. The summed E-state index contributed by atoms with van der Waals surface area (Å²) >= 11 is 5.94. The van der Waals surface area contributed by atoms with E-state index in [0.717, 1.165) is 19.6 Å². The van der Waals surface area contributed by atoms with Crippen molar-refractivity contribution in [2.45, 2.75) is 19.5 Å². The van der Waals surface area contributed by atoms with Gasteiger partial charge in [0.15, 0.2) is 0 Å². The minimum atomic E-state index is 0.639. The monoisotopic (exact) mass is 267 g/mol. The number of halogens is 1. The number of likely N-dealkylation sites (tertiary alicyclic amines) is 1. The average Bonchev–Trinajstić information content (AvgIpc) is 2.65. The van der Waals surface area contributed by atoms with Gasteiger partial charge in [0, 0.05) is 25.7 Å². The molecule has 3 nitrogen and oxygen atoms in total. The van der Waals surface area contributed by atoms with E-state index < -0.39 is 0 Å². The third kappa shape index (κ3) is 2.97. The van der Waals surface area contributed by atoms with Gasteiger partial charge in [0.05, 0.1) is 10.7 Å². The molecule has 0 radical (unpaired) electrons. The van der Waals surface area contributed by atoms with Gasteiger partial charge >= 0.3 is 0 Å². The fraction of sp³-hybridized carbons (Fsp3) is 0.571. The lowest BCUT2D eigenvalue weighted by atomic mass is 10.1. The van der Waals surface area contributed by atoms with E-state index in [4.69, 9.17) is 17.3 Å². The van der Waals surface area contributed by atoms with E-state index in [1.54, 1.807) is 0 Å². The first-order valence-electron chi connectivity index (χ1n) is 6.40. The highest BCUT2D eigenvalue weighted by atomic mass is 35.5. The molecule has 4 heteroatoms. The Morgan fingerprint density at radius 3 is 2.67 bits per heavy atom. The van der Waals surface area contributed by atoms with Crippen LogP contribution < -0.4 is 5.73 Å². The highest BCUT2D eigenvalue weighted by Crippen LogP contribution is 2.24. The van der Waals surface area contributed by atoms with Gasteiger partial charge in [-0.2, -0.15) is 0 Å². The highest BCUT2D eigenvalue weighted by molar-refractivity contribution is 6.33.